The monoisotopic (exact) mass is 205 g/mol. The topological polar surface area (TPSA) is 12.0 Å². The van der Waals surface area contributed by atoms with Crippen molar-refractivity contribution in [2.75, 3.05) is 13.1 Å². The summed E-state index contributed by atoms with van der Waals surface area (Å²) < 4.78 is 13.6. The smallest absolute Gasteiger partial charge is 0.126 e. The summed E-state index contributed by atoms with van der Waals surface area (Å²) in [7, 11) is 0. The molecule has 0 amide bonds. The van der Waals surface area contributed by atoms with Crippen LogP contribution in [0.25, 0.3) is 0 Å². The highest BCUT2D eigenvalue weighted by atomic mass is 19.1. The zero-order valence-corrected chi connectivity index (χ0v) is 8.80. The maximum atomic E-state index is 13.6. The van der Waals surface area contributed by atoms with Crippen LogP contribution < -0.4 is 5.32 Å². The molecule has 1 nitrogen and oxygen atoms in total. The van der Waals surface area contributed by atoms with Gasteiger partial charge in [0.1, 0.15) is 5.82 Å². The van der Waals surface area contributed by atoms with E-state index in [1.54, 1.807) is 12.1 Å². The molecule has 1 aromatic carbocycles. The van der Waals surface area contributed by atoms with Gasteiger partial charge < -0.3 is 5.32 Å². The van der Waals surface area contributed by atoms with Gasteiger partial charge in [-0.1, -0.05) is 18.2 Å². The Morgan fingerprint density at radius 1 is 1.20 bits per heavy atom. The van der Waals surface area contributed by atoms with E-state index in [1.165, 1.54) is 19.3 Å². The van der Waals surface area contributed by atoms with Crippen LogP contribution in [0.1, 0.15) is 30.7 Å². The quantitative estimate of drug-likeness (QED) is 0.743. The van der Waals surface area contributed by atoms with E-state index in [-0.39, 0.29) is 5.82 Å². The molecule has 0 radical (unpaired) electrons. The third-order valence-electron chi connectivity index (χ3n) is 4.07. The highest BCUT2D eigenvalue weighted by molar-refractivity contribution is 5.31. The fourth-order valence-corrected chi connectivity index (χ4v) is 3.02. The summed E-state index contributed by atoms with van der Waals surface area (Å²) in [6.45, 7) is 2.20. The zero-order chi connectivity index (χ0) is 10.3. The largest absolute Gasteiger partial charge is 0.317 e. The van der Waals surface area contributed by atoms with E-state index in [2.05, 4.69) is 5.32 Å². The number of piperidine rings is 1. The molecule has 1 aromatic rings. The highest BCUT2D eigenvalue weighted by Crippen LogP contribution is 2.64. The highest BCUT2D eigenvalue weighted by Gasteiger charge is 2.54. The minimum Gasteiger partial charge on any atom is -0.317 e. The molecule has 15 heavy (non-hydrogen) atoms. The van der Waals surface area contributed by atoms with Crippen molar-refractivity contribution in [1.82, 2.24) is 5.32 Å². The molecule has 1 spiro atoms. The molecule has 80 valence electrons. The van der Waals surface area contributed by atoms with Crippen molar-refractivity contribution in [3.8, 4) is 0 Å². The van der Waals surface area contributed by atoms with Crippen LogP contribution in [0.5, 0.6) is 0 Å². The third kappa shape index (κ3) is 1.48. The van der Waals surface area contributed by atoms with E-state index in [9.17, 15) is 4.39 Å². The molecule has 0 aromatic heterocycles. The molecule has 1 aliphatic heterocycles. The summed E-state index contributed by atoms with van der Waals surface area (Å²) in [4.78, 5) is 0. The minimum atomic E-state index is -0.0158. The molecule has 2 aliphatic rings. The van der Waals surface area contributed by atoms with Crippen LogP contribution >= 0.6 is 0 Å². The number of benzene rings is 1. The van der Waals surface area contributed by atoms with Crippen molar-refractivity contribution in [1.29, 1.82) is 0 Å². The molecule has 1 heterocycles. The second-order valence-corrected chi connectivity index (χ2v) is 4.89. The van der Waals surface area contributed by atoms with Gasteiger partial charge >= 0.3 is 0 Å². The lowest BCUT2D eigenvalue weighted by Crippen LogP contribution is -2.29. The Labute approximate surface area is 89.7 Å². The van der Waals surface area contributed by atoms with Crippen molar-refractivity contribution < 1.29 is 4.39 Å². The van der Waals surface area contributed by atoms with E-state index < -0.39 is 0 Å². The summed E-state index contributed by atoms with van der Waals surface area (Å²) in [5, 5.41) is 3.37. The minimum absolute atomic E-state index is 0.0158. The number of hydrogen-bond acceptors (Lipinski definition) is 1. The van der Waals surface area contributed by atoms with Crippen LogP contribution in [0, 0.1) is 11.2 Å². The number of hydrogen-bond donors (Lipinski definition) is 1. The van der Waals surface area contributed by atoms with Gasteiger partial charge in [0.25, 0.3) is 0 Å². The molecule has 1 unspecified atom stereocenters. The second-order valence-electron chi connectivity index (χ2n) is 4.89. The molecule has 1 N–H and O–H groups in total. The number of rotatable bonds is 1. The van der Waals surface area contributed by atoms with Crippen molar-refractivity contribution >= 4 is 0 Å². The van der Waals surface area contributed by atoms with E-state index >= 15 is 0 Å². The van der Waals surface area contributed by atoms with Gasteiger partial charge in [0.05, 0.1) is 0 Å². The van der Waals surface area contributed by atoms with E-state index in [0.29, 0.717) is 11.3 Å². The molecule has 2 heteroatoms. The van der Waals surface area contributed by atoms with E-state index in [0.717, 1.165) is 18.7 Å². The van der Waals surface area contributed by atoms with Crippen LogP contribution in [0.15, 0.2) is 24.3 Å². The fourth-order valence-electron chi connectivity index (χ4n) is 3.02. The molecule has 2 fully saturated rings. The molecule has 1 aliphatic carbocycles. The van der Waals surface area contributed by atoms with Crippen molar-refractivity contribution in [3.05, 3.63) is 35.6 Å². The van der Waals surface area contributed by atoms with Crippen molar-refractivity contribution in [2.24, 2.45) is 5.41 Å². The molecule has 0 bridgehead atoms. The number of nitrogens with one attached hydrogen (secondary N) is 1. The van der Waals surface area contributed by atoms with Crippen LogP contribution in [-0.4, -0.2) is 13.1 Å². The van der Waals surface area contributed by atoms with Crippen LogP contribution in [-0.2, 0) is 0 Å². The third-order valence-corrected chi connectivity index (χ3v) is 4.07. The lowest BCUT2D eigenvalue weighted by Gasteiger charge is -2.23. The summed E-state index contributed by atoms with van der Waals surface area (Å²) >= 11 is 0. The van der Waals surface area contributed by atoms with Gasteiger partial charge in [-0.25, -0.2) is 4.39 Å². The van der Waals surface area contributed by atoms with Crippen molar-refractivity contribution in [3.63, 3.8) is 0 Å². The van der Waals surface area contributed by atoms with Gasteiger partial charge in [0, 0.05) is 0 Å². The second kappa shape index (κ2) is 3.31. The molecular weight excluding hydrogens is 189 g/mol. The van der Waals surface area contributed by atoms with Gasteiger partial charge in [-0.05, 0) is 55.3 Å². The normalized spacial score (nSPS) is 27.9. The maximum Gasteiger partial charge on any atom is 0.126 e. The Balaban J connectivity index is 1.84. The molecule has 3 rings (SSSR count). The Kier molecular flexibility index (Phi) is 2.06. The standard InChI is InChI=1S/C13H16FN/c14-12-4-2-1-3-10(12)11-9-13(11)5-7-15-8-6-13/h1-4,11,15H,5-9H2. The van der Waals surface area contributed by atoms with Gasteiger partial charge in [-0.3, -0.25) is 0 Å². The Hall–Kier alpha value is -0.890. The van der Waals surface area contributed by atoms with E-state index in [4.69, 9.17) is 0 Å². The maximum absolute atomic E-state index is 13.6. The van der Waals surface area contributed by atoms with Gasteiger partial charge in [0.15, 0.2) is 0 Å². The fraction of sp³-hybridized carbons (Fsp3) is 0.538. The van der Waals surface area contributed by atoms with Crippen LogP contribution in [0.3, 0.4) is 0 Å². The average Bonchev–Trinajstić information content (AvgIpc) is 2.94. The SMILES string of the molecule is Fc1ccccc1C1CC12CCNCC2. The van der Waals surface area contributed by atoms with Gasteiger partial charge in [-0.15, -0.1) is 0 Å². The lowest BCUT2D eigenvalue weighted by atomic mass is 9.89. The summed E-state index contributed by atoms with van der Waals surface area (Å²) in [5.41, 5.74) is 1.38. The predicted octanol–water partition coefficient (Wildman–Crippen LogP) is 2.68. The molecule has 1 saturated heterocycles. The molecule has 1 atom stereocenters. The van der Waals surface area contributed by atoms with Gasteiger partial charge in [-0.2, -0.15) is 0 Å². The summed E-state index contributed by atoms with van der Waals surface area (Å²) in [6, 6.07) is 7.26. The van der Waals surface area contributed by atoms with E-state index in [1.807, 2.05) is 12.1 Å². The molecule has 1 saturated carbocycles. The molecular formula is C13H16FN. The van der Waals surface area contributed by atoms with Crippen LogP contribution in [0.4, 0.5) is 4.39 Å². The first-order valence-corrected chi connectivity index (χ1v) is 5.77. The van der Waals surface area contributed by atoms with Gasteiger partial charge in [0.2, 0.25) is 0 Å². The van der Waals surface area contributed by atoms with Crippen LogP contribution in [0.2, 0.25) is 0 Å². The zero-order valence-electron chi connectivity index (χ0n) is 8.80. The summed E-state index contributed by atoms with van der Waals surface area (Å²) in [5.74, 6) is 0.471. The first kappa shape index (κ1) is 9.34. The Morgan fingerprint density at radius 3 is 2.67 bits per heavy atom. The Morgan fingerprint density at radius 2 is 1.93 bits per heavy atom. The predicted molar refractivity (Wildman–Crippen MR) is 58.3 cm³/mol. The first-order chi connectivity index (χ1) is 7.32. The summed E-state index contributed by atoms with van der Waals surface area (Å²) in [6.07, 6.45) is 3.62. The lowest BCUT2D eigenvalue weighted by molar-refractivity contribution is 0.340. The Bertz CT molecular complexity index is 369. The number of halogens is 1. The average molecular weight is 205 g/mol. The van der Waals surface area contributed by atoms with Crippen molar-refractivity contribution in [2.45, 2.75) is 25.2 Å². The first-order valence-electron chi connectivity index (χ1n) is 5.77.